The van der Waals surface area contributed by atoms with Crippen molar-refractivity contribution in [3.63, 3.8) is 0 Å². The maximum Gasteiger partial charge on any atom is 0.491 e. The molecule has 1 saturated heterocycles. The Hall–Kier alpha value is -3.47. The molecule has 0 unspecified atom stereocenters. The first-order valence-electron chi connectivity index (χ1n) is 12.4. The number of thiazole rings is 1. The number of rotatable bonds is 7. The van der Waals surface area contributed by atoms with Gasteiger partial charge in [-0.05, 0) is 30.5 Å². The number of benzene rings is 1. The molecule has 0 aliphatic carbocycles. The van der Waals surface area contributed by atoms with Crippen LogP contribution in [0.3, 0.4) is 0 Å². The number of nitrogens with one attached hydrogen (secondary N) is 1. The van der Waals surface area contributed by atoms with E-state index < -0.39 is 28.3 Å². The molecule has 3 aromatic heterocycles. The van der Waals surface area contributed by atoms with Gasteiger partial charge in [0.05, 0.1) is 16.9 Å². The highest BCUT2D eigenvalue weighted by Crippen LogP contribution is 2.35. The van der Waals surface area contributed by atoms with Gasteiger partial charge in [-0.25, -0.2) is 23.0 Å². The number of amides is 1. The van der Waals surface area contributed by atoms with E-state index in [9.17, 15) is 31.2 Å². The van der Waals surface area contributed by atoms with Crippen LogP contribution in [0.2, 0.25) is 0 Å². The number of sulfonamides is 1. The van der Waals surface area contributed by atoms with Crippen molar-refractivity contribution in [1.82, 2.24) is 19.8 Å². The molecule has 16 heteroatoms. The van der Waals surface area contributed by atoms with Crippen LogP contribution in [-0.2, 0) is 26.1 Å². The number of hydrogen-bond donors (Lipinski definition) is 1. The van der Waals surface area contributed by atoms with Gasteiger partial charge in [0.25, 0.3) is 10.0 Å². The van der Waals surface area contributed by atoms with E-state index >= 15 is 0 Å². The van der Waals surface area contributed by atoms with Gasteiger partial charge in [0.2, 0.25) is 0 Å². The Kier molecular flexibility index (Phi) is 8.09. The Labute approximate surface area is 241 Å². The van der Waals surface area contributed by atoms with Crippen LogP contribution in [0.5, 0.6) is 0 Å². The fourth-order valence-corrected chi connectivity index (χ4v) is 7.98. The lowest BCUT2D eigenvalue weighted by atomic mass is 10.2. The van der Waals surface area contributed by atoms with Gasteiger partial charge in [0, 0.05) is 55.7 Å². The van der Waals surface area contributed by atoms with Crippen LogP contribution in [0.4, 0.5) is 23.7 Å². The molecule has 0 saturated carbocycles. The molecule has 0 radical (unpaired) electrons. The predicted octanol–water partition coefficient (Wildman–Crippen LogP) is 4.91. The number of aromatic amines is 1. The summed E-state index contributed by atoms with van der Waals surface area (Å²) < 4.78 is 69.2. The van der Waals surface area contributed by atoms with Gasteiger partial charge >= 0.3 is 18.2 Å². The number of alkyl halides is 3. The van der Waals surface area contributed by atoms with Crippen molar-refractivity contribution in [2.75, 3.05) is 37.0 Å². The number of carbonyl (C=O) groups is 2. The lowest BCUT2D eigenvalue weighted by Crippen LogP contribution is -2.49. The monoisotopic (exact) mass is 627 g/mol. The molecular formula is C25H24F3N5O5S3. The number of fused-ring (bicyclic) bond motifs is 1. The number of carbonyl (C=O) groups excluding carboxylic acids is 2. The van der Waals surface area contributed by atoms with Crippen molar-refractivity contribution in [3.05, 3.63) is 52.9 Å². The molecule has 4 heterocycles. The largest absolute Gasteiger partial charge is 0.491 e. The maximum absolute atomic E-state index is 13.3. The lowest BCUT2D eigenvalue weighted by Gasteiger charge is -2.33. The molecule has 41 heavy (non-hydrogen) atoms. The Morgan fingerprint density at radius 1 is 1.15 bits per heavy atom. The molecule has 1 aliphatic rings. The van der Waals surface area contributed by atoms with E-state index in [0.29, 0.717) is 35.8 Å². The van der Waals surface area contributed by atoms with E-state index in [4.69, 9.17) is 0 Å². The molecule has 4 aromatic rings. The molecule has 1 aliphatic heterocycles. The summed E-state index contributed by atoms with van der Waals surface area (Å²) in [5, 5.41) is 3.27. The number of piperazine rings is 1. The van der Waals surface area contributed by atoms with Crippen molar-refractivity contribution >= 4 is 61.3 Å². The fraction of sp³-hybridized carbons (Fsp3) is 0.320. The van der Waals surface area contributed by atoms with E-state index in [-0.39, 0.29) is 23.8 Å². The van der Waals surface area contributed by atoms with Crippen molar-refractivity contribution < 1.29 is 35.9 Å². The average molecular weight is 628 g/mol. The van der Waals surface area contributed by atoms with Crippen LogP contribution >= 0.6 is 22.7 Å². The Bertz CT molecular complexity index is 1660. The second-order valence-electron chi connectivity index (χ2n) is 9.07. The van der Waals surface area contributed by atoms with Gasteiger partial charge in [-0.1, -0.05) is 18.2 Å². The quantitative estimate of drug-likeness (QED) is 0.229. The van der Waals surface area contributed by atoms with Gasteiger partial charge in [0.1, 0.15) is 9.22 Å². The standard InChI is InChI=1S/C25H24F3N5O5S3/c1-2-33(41(36,37)20-7-4-12-39-20)19-6-3-5-16-13-18(30-21(16)19)22-29-14-17(40-22)15-31-8-10-32(11-9-31)24(35)38-23(34)25(26,27)28/h3-7,12-14,30H,2,8-11,15H2,1H3. The molecule has 0 bridgehead atoms. The number of esters is 1. The topological polar surface area (TPSA) is 116 Å². The highest BCUT2D eigenvalue weighted by Gasteiger charge is 2.43. The fourth-order valence-electron chi connectivity index (χ4n) is 4.47. The maximum atomic E-state index is 13.3. The first-order valence-corrected chi connectivity index (χ1v) is 15.5. The van der Waals surface area contributed by atoms with Crippen LogP contribution < -0.4 is 4.31 Å². The molecule has 5 rings (SSSR count). The lowest BCUT2D eigenvalue weighted by molar-refractivity contribution is -0.193. The number of H-pyrrole nitrogens is 1. The molecule has 1 N–H and O–H groups in total. The van der Waals surface area contributed by atoms with E-state index in [1.54, 1.807) is 36.7 Å². The van der Waals surface area contributed by atoms with E-state index in [1.165, 1.54) is 27.0 Å². The zero-order chi connectivity index (χ0) is 29.4. The number of ether oxygens (including phenoxy) is 1. The van der Waals surface area contributed by atoms with Crippen molar-refractivity contribution in [2.45, 2.75) is 23.9 Å². The summed E-state index contributed by atoms with van der Waals surface area (Å²) in [6, 6.07) is 10.7. The SMILES string of the molecule is CCN(c1cccc2cc(-c3ncc(CN4CCN(C(=O)OC(=O)C(F)(F)F)CC4)s3)[nH]c12)S(=O)(=O)c1cccs1. The van der Waals surface area contributed by atoms with Crippen LogP contribution in [0.25, 0.3) is 21.6 Å². The molecule has 0 atom stereocenters. The smallest absolute Gasteiger partial charge is 0.369 e. The minimum absolute atomic E-state index is 0.114. The molecule has 0 spiro atoms. The molecule has 218 valence electrons. The van der Waals surface area contributed by atoms with Gasteiger partial charge in [-0.3, -0.25) is 9.21 Å². The van der Waals surface area contributed by atoms with E-state index in [0.717, 1.165) is 20.9 Å². The number of aromatic nitrogens is 2. The predicted molar refractivity (Wildman–Crippen MR) is 148 cm³/mol. The van der Waals surface area contributed by atoms with Crippen molar-refractivity contribution in [3.8, 4) is 10.7 Å². The molecular weight excluding hydrogens is 604 g/mol. The van der Waals surface area contributed by atoms with Crippen LogP contribution in [-0.4, -0.2) is 79.1 Å². The number of nitrogens with zero attached hydrogens (tertiary/aromatic N) is 4. The van der Waals surface area contributed by atoms with E-state index in [1.807, 2.05) is 23.1 Å². The Morgan fingerprint density at radius 3 is 2.56 bits per heavy atom. The average Bonchev–Trinajstić information content (AvgIpc) is 3.70. The summed E-state index contributed by atoms with van der Waals surface area (Å²) in [7, 11) is -3.73. The van der Waals surface area contributed by atoms with Crippen molar-refractivity contribution in [2.24, 2.45) is 0 Å². The second kappa shape index (κ2) is 11.4. The molecule has 1 aromatic carbocycles. The molecule has 10 nitrogen and oxygen atoms in total. The zero-order valence-electron chi connectivity index (χ0n) is 21.6. The third-order valence-corrected chi connectivity index (χ3v) is 10.7. The first-order chi connectivity index (χ1) is 19.5. The van der Waals surface area contributed by atoms with Gasteiger partial charge < -0.3 is 14.6 Å². The highest BCUT2D eigenvalue weighted by atomic mass is 32.2. The molecule has 1 fully saturated rings. The summed E-state index contributed by atoms with van der Waals surface area (Å²) >= 11 is 2.61. The third kappa shape index (κ3) is 6.10. The van der Waals surface area contributed by atoms with Gasteiger partial charge in [-0.2, -0.15) is 13.2 Å². The number of thiophene rings is 1. The normalized spacial score (nSPS) is 14.9. The summed E-state index contributed by atoms with van der Waals surface area (Å²) in [5.41, 5.74) is 1.94. The number of para-hydroxylation sites is 1. The summed E-state index contributed by atoms with van der Waals surface area (Å²) in [5.74, 6) is -2.53. The Morgan fingerprint density at radius 2 is 1.90 bits per heavy atom. The number of halogens is 3. The number of hydrogen-bond acceptors (Lipinski definition) is 9. The minimum Gasteiger partial charge on any atom is -0.369 e. The second-order valence-corrected chi connectivity index (χ2v) is 13.2. The first kappa shape index (κ1) is 29.0. The summed E-state index contributed by atoms with van der Waals surface area (Å²) in [4.78, 5) is 34.7. The van der Waals surface area contributed by atoms with Gasteiger partial charge in [-0.15, -0.1) is 22.7 Å². The van der Waals surface area contributed by atoms with Crippen molar-refractivity contribution in [1.29, 1.82) is 0 Å². The Balaban J connectivity index is 1.27. The summed E-state index contributed by atoms with van der Waals surface area (Å²) in [6.07, 6.45) is -4.81. The number of anilines is 1. The van der Waals surface area contributed by atoms with Gasteiger partial charge in [0.15, 0.2) is 0 Å². The minimum atomic E-state index is -5.23. The van der Waals surface area contributed by atoms with Crippen LogP contribution in [0, 0.1) is 0 Å². The zero-order valence-corrected chi connectivity index (χ0v) is 24.0. The third-order valence-electron chi connectivity index (χ3n) is 6.43. The van der Waals surface area contributed by atoms with Crippen LogP contribution in [0.15, 0.2) is 52.2 Å². The summed E-state index contributed by atoms with van der Waals surface area (Å²) in [6.45, 7) is 3.53. The van der Waals surface area contributed by atoms with Crippen LogP contribution in [0.1, 0.15) is 11.8 Å². The molecule has 1 amide bonds. The van der Waals surface area contributed by atoms with E-state index in [2.05, 4.69) is 14.7 Å². The highest BCUT2D eigenvalue weighted by molar-refractivity contribution is 7.94.